The van der Waals surface area contributed by atoms with Gasteiger partial charge in [0, 0.05) is 28.9 Å². The van der Waals surface area contributed by atoms with Gasteiger partial charge in [0.1, 0.15) is 5.76 Å². The third-order valence-electron chi connectivity index (χ3n) is 3.82. The average Bonchev–Trinajstić information content (AvgIpc) is 3.32. The van der Waals surface area contributed by atoms with Gasteiger partial charge in [-0.3, -0.25) is 9.69 Å². The maximum absolute atomic E-state index is 12.4. The number of thiazole rings is 1. The van der Waals surface area contributed by atoms with Crippen LogP contribution >= 0.6 is 34.5 Å². The molecule has 2 aromatic heterocycles. The minimum Gasteiger partial charge on any atom is -0.468 e. The number of carbonyl (C=O) groups excluding carboxylic acids is 1. The van der Waals surface area contributed by atoms with Crippen molar-refractivity contribution in [3.8, 4) is 17.3 Å². The maximum atomic E-state index is 12.4. The van der Waals surface area contributed by atoms with Gasteiger partial charge >= 0.3 is 0 Å². The molecule has 0 aliphatic rings. The van der Waals surface area contributed by atoms with Gasteiger partial charge in [-0.2, -0.15) is 5.26 Å². The maximum Gasteiger partial charge on any atom is 0.240 e. The number of nitrogens with one attached hydrogen (secondary N) is 1. The molecule has 2 heterocycles. The number of benzene rings is 1. The molecule has 0 atom stereocenters. The van der Waals surface area contributed by atoms with E-state index >= 15 is 0 Å². The van der Waals surface area contributed by atoms with Gasteiger partial charge < -0.3 is 9.73 Å². The van der Waals surface area contributed by atoms with E-state index in [1.807, 2.05) is 16.3 Å². The Kier molecular flexibility index (Phi) is 7.06. The number of furan rings is 1. The smallest absolute Gasteiger partial charge is 0.240 e. The molecule has 0 radical (unpaired) electrons. The van der Waals surface area contributed by atoms with Gasteiger partial charge in [0.15, 0.2) is 5.13 Å². The zero-order valence-electron chi connectivity index (χ0n) is 14.7. The van der Waals surface area contributed by atoms with E-state index in [1.165, 1.54) is 11.3 Å². The third kappa shape index (κ3) is 5.57. The van der Waals surface area contributed by atoms with Crippen molar-refractivity contribution in [1.29, 1.82) is 5.26 Å². The zero-order chi connectivity index (χ0) is 19.9. The first-order valence-corrected chi connectivity index (χ1v) is 10.0. The van der Waals surface area contributed by atoms with Crippen LogP contribution in [0.15, 0.2) is 46.4 Å². The van der Waals surface area contributed by atoms with Crippen LogP contribution in [0.1, 0.15) is 12.2 Å². The molecule has 6 nitrogen and oxygen atoms in total. The second kappa shape index (κ2) is 9.71. The van der Waals surface area contributed by atoms with Gasteiger partial charge in [0.25, 0.3) is 0 Å². The van der Waals surface area contributed by atoms with Crippen molar-refractivity contribution >= 4 is 45.6 Å². The quantitative estimate of drug-likeness (QED) is 0.535. The highest BCUT2D eigenvalue weighted by Crippen LogP contribution is 2.32. The molecule has 1 N–H and O–H groups in total. The number of aromatic nitrogens is 1. The minimum atomic E-state index is -0.215. The first kappa shape index (κ1) is 20.4. The van der Waals surface area contributed by atoms with Crippen LogP contribution in [0, 0.1) is 11.3 Å². The molecule has 3 aromatic rings. The van der Waals surface area contributed by atoms with Gasteiger partial charge in [-0.25, -0.2) is 4.98 Å². The van der Waals surface area contributed by atoms with E-state index in [9.17, 15) is 4.79 Å². The molecule has 1 aromatic carbocycles. The summed E-state index contributed by atoms with van der Waals surface area (Å²) in [5.41, 5.74) is 1.41. The largest absolute Gasteiger partial charge is 0.468 e. The molecular formula is C19H16Cl2N4O2S. The molecule has 3 rings (SSSR count). The first-order valence-electron chi connectivity index (χ1n) is 8.37. The number of nitriles is 1. The molecule has 0 saturated carbocycles. The Bertz CT molecular complexity index is 982. The normalized spacial score (nSPS) is 10.8. The second-order valence-corrected chi connectivity index (χ2v) is 7.61. The van der Waals surface area contributed by atoms with Crippen molar-refractivity contribution < 1.29 is 9.21 Å². The Morgan fingerprint density at radius 1 is 1.36 bits per heavy atom. The number of carbonyl (C=O) groups is 1. The van der Waals surface area contributed by atoms with Crippen LogP contribution in [0.5, 0.6) is 0 Å². The SMILES string of the molecule is N#CCCN(CC(=O)Nc1nc(-c2ccc(Cl)cc2Cl)cs1)Cc1ccco1. The van der Waals surface area contributed by atoms with E-state index < -0.39 is 0 Å². The van der Waals surface area contributed by atoms with Crippen LogP contribution in [0.25, 0.3) is 11.3 Å². The summed E-state index contributed by atoms with van der Waals surface area (Å²) in [7, 11) is 0. The second-order valence-electron chi connectivity index (χ2n) is 5.91. The van der Waals surface area contributed by atoms with Crippen molar-refractivity contribution in [3.05, 3.63) is 57.8 Å². The molecule has 0 aliphatic carbocycles. The Hall–Kier alpha value is -2.37. The van der Waals surface area contributed by atoms with Crippen LogP contribution in [0.3, 0.4) is 0 Å². The van der Waals surface area contributed by atoms with Crippen LogP contribution < -0.4 is 5.32 Å². The van der Waals surface area contributed by atoms with Gasteiger partial charge in [-0.05, 0) is 30.3 Å². The minimum absolute atomic E-state index is 0.124. The molecule has 0 spiro atoms. The summed E-state index contributed by atoms with van der Waals surface area (Å²) < 4.78 is 5.33. The van der Waals surface area contributed by atoms with E-state index in [-0.39, 0.29) is 12.5 Å². The molecule has 9 heteroatoms. The summed E-state index contributed by atoms with van der Waals surface area (Å²) in [6.07, 6.45) is 1.90. The van der Waals surface area contributed by atoms with E-state index in [0.29, 0.717) is 40.4 Å². The van der Waals surface area contributed by atoms with Gasteiger partial charge in [0.05, 0.1) is 36.1 Å². The zero-order valence-corrected chi connectivity index (χ0v) is 17.0. The van der Waals surface area contributed by atoms with E-state index in [2.05, 4.69) is 16.4 Å². The first-order chi connectivity index (χ1) is 13.5. The monoisotopic (exact) mass is 434 g/mol. The summed E-state index contributed by atoms with van der Waals surface area (Å²) in [5.74, 6) is 0.521. The Morgan fingerprint density at radius 3 is 2.93 bits per heavy atom. The van der Waals surface area contributed by atoms with Crippen molar-refractivity contribution in [2.24, 2.45) is 0 Å². The molecule has 0 bridgehead atoms. The fraction of sp³-hybridized carbons (Fsp3) is 0.211. The summed E-state index contributed by atoms with van der Waals surface area (Å²) in [6, 6.07) is 10.9. The lowest BCUT2D eigenvalue weighted by Gasteiger charge is -2.18. The molecule has 0 aliphatic heterocycles. The van der Waals surface area contributed by atoms with Crippen LogP contribution in [0.4, 0.5) is 5.13 Å². The summed E-state index contributed by atoms with van der Waals surface area (Å²) in [5, 5.41) is 15.0. The van der Waals surface area contributed by atoms with Crippen molar-refractivity contribution in [1.82, 2.24) is 9.88 Å². The Morgan fingerprint density at radius 2 is 2.21 bits per heavy atom. The van der Waals surface area contributed by atoms with E-state index in [1.54, 1.807) is 30.5 Å². The lowest BCUT2D eigenvalue weighted by atomic mass is 10.2. The number of amides is 1. The number of anilines is 1. The van der Waals surface area contributed by atoms with Gasteiger partial charge in [-0.15, -0.1) is 11.3 Å². The fourth-order valence-corrected chi connectivity index (χ4v) is 3.79. The molecule has 28 heavy (non-hydrogen) atoms. The van der Waals surface area contributed by atoms with Gasteiger partial charge in [-0.1, -0.05) is 23.2 Å². The third-order valence-corrected chi connectivity index (χ3v) is 5.13. The van der Waals surface area contributed by atoms with Crippen molar-refractivity contribution in [2.45, 2.75) is 13.0 Å². The predicted molar refractivity (Wildman–Crippen MR) is 110 cm³/mol. The topological polar surface area (TPSA) is 82.2 Å². The van der Waals surface area contributed by atoms with Crippen LogP contribution in [-0.4, -0.2) is 28.9 Å². The molecule has 0 fully saturated rings. The average molecular weight is 435 g/mol. The highest BCUT2D eigenvalue weighted by molar-refractivity contribution is 7.14. The number of rotatable bonds is 8. The number of halogens is 2. The molecule has 0 saturated heterocycles. The number of hydrogen-bond donors (Lipinski definition) is 1. The summed E-state index contributed by atoms with van der Waals surface area (Å²) >= 11 is 13.4. The number of hydrogen-bond acceptors (Lipinski definition) is 6. The lowest BCUT2D eigenvalue weighted by Crippen LogP contribution is -2.33. The van der Waals surface area contributed by atoms with Crippen LogP contribution in [0.2, 0.25) is 10.0 Å². The van der Waals surface area contributed by atoms with Crippen LogP contribution in [-0.2, 0) is 11.3 Å². The van der Waals surface area contributed by atoms with Crippen molar-refractivity contribution in [2.75, 3.05) is 18.4 Å². The standard InChI is InChI=1S/C19H16Cl2N4O2S/c20-13-4-5-15(16(21)9-13)17-12-28-19(23-17)24-18(26)11-25(7-2-6-22)10-14-3-1-8-27-14/h1,3-5,8-9,12H,2,7,10-11H2,(H,23,24,26). The Labute approximate surface area is 176 Å². The number of nitrogens with zero attached hydrogens (tertiary/aromatic N) is 3. The summed E-state index contributed by atoms with van der Waals surface area (Å²) in [4.78, 5) is 18.7. The predicted octanol–water partition coefficient (Wildman–Crippen LogP) is 5.06. The molecule has 144 valence electrons. The Balaban J connectivity index is 1.63. The highest BCUT2D eigenvalue weighted by Gasteiger charge is 2.15. The molecule has 0 unspecified atom stereocenters. The lowest BCUT2D eigenvalue weighted by molar-refractivity contribution is -0.117. The summed E-state index contributed by atoms with van der Waals surface area (Å²) in [6.45, 7) is 1.04. The van der Waals surface area contributed by atoms with E-state index in [4.69, 9.17) is 32.9 Å². The van der Waals surface area contributed by atoms with Gasteiger partial charge in [0.2, 0.25) is 5.91 Å². The van der Waals surface area contributed by atoms with Crippen molar-refractivity contribution in [3.63, 3.8) is 0 Å². The molecular weight excluding hydrogens is 419 g/mol. The fourth-order valence-electron chi connectivity index (χ4n) is 2.56. The van der Waals surface area contributed by atoms with E-state index in [0.717, 1.165) is 11.3 Å². The highest BCUT2D eigenvalue weighted by atomic mass is 35.5. The molecule has 1 amide bonds.